The molecule has 0 spiro atoms. The fraction of sp³-hybridized carbons (Fsp3) is 0.207. The summed E-state index contributed by atoms with van der Waals surface area (Å²) in [5, 5.41) is 15.4. The van der Waals surface area contributed by atoms with E-state index < -0.39 is 5.41 Å². The van der Waals surface area contributed by atoms with Crippen molar-refractivity contribution < 1.29 is 9.59 Å². The van der Waals surface area contributed by atoms with Crippen LogP contribution < -0.4 is 10.9 Å². The molecule has 5 aromatic heterocycles. The number of thiophene rings is 1. The highest BCUT2D eigenvalue weighted by Crippen LogP contribution is 2.28. The third-order valence-corrected chi connectivity index (χ3v) is 7.48. The second kappa shape index (κ2) is 11.6. The van der Waals surface area contributed by atoms with Crippen molar-refractivity contribution in [2.75, 3.05) is 5.32 Å². The lowest BCUT2D eigenvalue weighted by Gasteiger charge is -2.18. The lowest BCUT2D eigenvalue weighted by Crippen LogP contribution is -2.29. The SMILES string of the molecule is CC(C)(C)C(=O)n1nc(-c2ccc(-c3ccncc3)c(=O)n2CC(=O)c2ccnnc2)cc1NCc1ccc(Cl)s1. The van der Waals surface area contributed by atoms with E-state index in [4.69, 9.17) is 11.6 Å². The van der Waals surface area contributed by atoms with Crippen LogP contribution in [-0.4, -0.2) is 41.2 Å². The van der Waals surface area contributed by atoms with E-state index in [0.717, 1.165) is 4.88 Å². The van der Waals surface area contributed by atoms with Crippen LogP contribution in [0.25, 0.3) is 22.5 Å². The molecule has 0 saturated carbocycles. The monoisotopic (exact) mass is 587 g/mol. The Morgan fingerprint density at radius 3 is 2.44 bits per heavy atom. The van der Waals surface area contributed by atoms with Crippen LogP contribution in [0, 0.1) is 5.41 Å². The number of pyridine rings is 2. The molecule has 10 nitrogen and oxygen atoms in total. The Balaban J connectivity index is 1.62. The molecule has 0 aliphatic rings. The lowest BCUT2D eigenvalue weighted by atomic mass is 9.96. The normalized spacial score (nSPS) is 11.4. The molecule has 208 valence electrons. The second-order valence-electron chi connectivity index (χ2n) is 10.3. The molecule has 0 radical (unpaired) electrons. The quantitative estimate of drug-likeness (QED) is 0.237. The highest BCUT2D eigenvalue weighted by Gasteiger charge is 2.28. The molecule has 0 unspecified atom stereocenters. The van der Waals surface area contributed by atoms with Gasteiger partial charge in [0, 0.05) is 39.9 Å². The van der Waals surface area contributed by atoms with Gasteiger partial charge >= 0.3 is 0 Å². The highest BCUT2D eigenvalue weighted by atomic mass is 35.5. The first-order valence-electron chi connectivity index (χ1n) is 12.7. The van der Waals surface area contributed by atoms with Gasteiger partial charge in [-0.05, 0) is 48.0 Å². The van der Waals surface area contributed by atoms with Crippen molar-refractivity contribution in [2.45, 2.75) is 33.9 Å². The number of nitrogens with one attached hydrogen (secondary N) is 1. The first-order chi connectivity index (χ1) is 19.6. The minimum atomic E-state index is -0.735. The van der Waals surface area contributed by atoms with E-state index in [1.807, 2.05) is 12.1 Å². The Bertz CT molecular complexity index is 1770. The summed E-state index contributed by atoms with van der Waals surface area (Å²) in [5.74, 6) is -0.115. The van der Waals surface area contributed by atoms with Crippen molar-refractivity contribution in [1.29, 1.82) is 0 Å². The van der Waals surface area contributed by atoms with Crippen LogP contribution in [-0.2, 0) is 13.1 Å². The molecule has 5 rings (SSSR count). The van der Waals surface area contributed by atoms with Crippen LogP contribution in [0.1, 0.15) is 40.8 Å². The zero-order valence-electron chi connectivity index (χ0n) is 22.5. The molecule has 5 heterocycles. The molecule has 0 aromatic carbocycles. The van der Waals surface area contributed by atoms with Crippen LogP contribution in [0.15, 0.2) is 78.1 Å². The molecule has 0 bridgehead atoms. The van der Waals surface area contributed by atoms with Gasteiger partial charge < -0.3 is 5.32 Å². The average Bonchev–Trinajstić information content (AvgIpc) is 3.58. The third kappa shape index (κ3) is 6.16. The second-order valence-corrected chi connectivity index (χ2v) is 12.1. The van der Waals surface area contributed by atoms with Crippen LogP contribution in [0.3, 0.4) is 0 Å². The summed E-state index contributed by atoms with van der Waals surface area (Å²) in [6.07, 6.45) is 5.97. The van der Waals surface area contributed by atoms with Crippen LogP contribution in [0.2, 0.25) is 4.34 Å². The maximum atomic E-state index is 13.9. The maximum absolute atomic E-state index is 13.9. The number of hydrogen-bond donors (Lipinski definition) is 1. The van der Waals surface area contributed by atoms with E-state index in [1.165, 1.54) is 33.0 Å². The number of rotatable bonds is 8. The minimum Gasteiger partial charge on any atom is -0.365 e. The molecule has 1 N–H and O–H groups in total. The van der Waals surface area contributed by atoms with Crippen LogP contribution in [0.5, 0.6) is 0 Å². The van der Waals surface area contributed by atoms with Gasteiger partial charge in [0.1, 0.15) is 11.5 Å². The zero-order chi connectivity index (χ0) is 29.1. The number of ketones is 1. The van der Waals surface area contributed by atoms with Gasteiger partial charge in [-0.3, -0.25) is 23.9 Å². The summed E-state index contributed by atoms with van der Waals surface area (Å²) in [7, 11) is 0. The number of aromatic nitrogens is 6. The Hall–Kier alpha value is -4.48. The fourth-order valence-corrected chi connectivity index (χ4v) is 5.16. The third-order valence-electron chi connectivity index (χ3n) is 6.25. The maximum Gasteiger partial charge on any atom is 0.259 e. The van der Waals surface area contributed by atoms with Gasteiger partial charge in [0.15, 0.2) is 5.78 Å². The predicted octanol–water partition coefficient (Wildman–Crippen LogP) is 5.46. The van der Waals surface area contributed by atoms with Crippen molar-refractivity contribution in [3.05, 3.63) is 98.4 Å². The standard InChI is InChI=1S/C29H26ClN7O3S/c1-29(2,3)28(40)37-26(32-16-20-4-7-25(30)41-20)14-22(35-37)23-6-5-21(18-8-11-31-12-9-18)27(39)36(23)17-24(38)19-10-13-33-34-15-19/h4-15,32H,16-17H2,1-3H3. The Kier molecular flexibility index (Phi) is 7.91. The molecule has 0 aliphatic heterocycles. The molecule has 41 heavy (non-hydrogen) atoms. The van der Waals surface area contributed by atoms with Gasteiger partial charge in [-0.1, -0.05) is 32.4 Å². The molecular formula is C29H26ClN7O3S. The number of nitrogens with zero attached hydrogens (tertiary/aromatic N) is 6. The zero-order valence-corrected chi connectivity index (χ0v) is 24.1. The number of hydrogen-bond acceptors (Lipinski definition) is 9. The van der Waals surface area contributed by atoms with Gasteiger partial charge in [-0.15, -0.1) is 11.3 Å². The number of anilines is 1. The Labute approximate surface area is 244 Å². The van der Waals surface area contributed by atoms with E-state index in [9.17, 15) is 14.4 Å². The van der Waals surface area contributed by atoms with Crippen molar-refractivity contribution in [3.8, 4) is 22.5 Å². The Morgan fingerprint density at radius 2 is 1.78 bits per heavy atom. The summed E-state index contributed by atoms with van der Waals surface area (Å²) < 4.78 is 3.34. The molecular weight excluding hydrogens is 562 g/mol. The van der Waals surface area contributed by atoms with Crippen LogP contribution in [0.4, 0.5) is 5.82 Å². The van der Waals surface area contributed by atoms with Crippen molar-refractivity contribution in [3.63, 3.8) is 0 Å². The van der Waals surface area contributed by atoms with Crippen molar-refractivity contribution in [1.82, 2.24) is 29.5 Å². The van der Waals surface area contributed by atoms with Gasteiger partial charge in [0.25, 0.3) is 11.5 Å². The summed E-state index contributed by atoms with van der Waals surface area (Å²) >= 11 is 7.52. The molecule has 0 saturated heterocycles. The van der Waals surface area contributed by atoms with Gasteiger partial charge in [-0.2, -0.15) is 20.0 Å². The minimum absolute atomic E-state index is 0.239. The number of carbonyl (C=O) groups excluding carboxylic acids is 2. The first-order valence-corrected chi connectivity index (χ1v) is 13.9. The van der Waals surface area contributed by atoms with E-state index in [-0.39, 0.29) is 23.8 Å². The molecule has 0 amide bonds. The van der Waals surface area contributed by atoms with Crippen molar-refractivity contribution >= 4 is 40.4 Å². The van der Waals surface area contributed by atoms with E-state index >= 15 is 0 Å². The molecule has 0 aliphatic carbocycles. The summed E-state index contributed by atoms with van der Waals surface area (Å²) in [5.41, 5.74) is 0.991. The molecule has 0 fully saturated rings. The van der Waals surface area contributed by atoms with Crippen molar-refractivity contribution in [2.24, 2.45) is 5.41 Å². The topological polar surface area (TPSA) is 125 Å². The van der Waals surface area contributed by atoms with E-state index in [2.05, 4.69) is 25.6 Å². The molecule has 5 aromatic rings. The van der Waals surface area contributed by atoms with E-state index in [1.54, 1.807) is 69.6 Å². The predicted molar refractivity (Wildman–Crippen MR) is 158 cm³/mol. The number of Topliss-reactive ketones (excluding diaryl/α,β-unsaturated/α-hetero) is 1. The molecule has 0 atom stereocenters. The smallest absolute Gasteiger partial charge is 0.259 e. The Morgan fingerprint density at radius 1 is 1.00 bits per heavy atom. The number of halogens is 1. The summed E-state index contributed by atoms with van der Waals surface area (Å²) in [4.78, 5) is 45.5. The van der Waals surface area contributed by atoms with Gasteiger partial charge in [0.05, 0.1) is 35.5 Å². The first kappa shape index (κ1) is 28.1. The molecule has 12 heteroatoms. The largest absolute Gasteiger partial charge is 0.365 e. The van der Waals surface area contributed by atoms with Gasteiger partial charge in [-0.25, -0.2) is 0 Å². The summed E-state index contributed by atoms with van der Waals surface area (Å²) in [6.45, 7) is 5.57. The highest BCUT2D eigenvalue weighted by molar-refractivity contribution is 7.16. The average molecular weight is 588 g/mol. The van der Waals surface area contributed by atoms with Gasteiger partial charge in [0.2, 0.25) is 0 Å². The summed E-state index contributed by atoms with van der Waals surface area (Å²) in [6, 6.07) is 13.8. The fourth-order valence-electron chi connectivity index (χ4n) is 4.13. The number of carbonyl (C=O) groups is 2. The van der Waals surface area contributed by atoms with E-state index in [0.29, 0.717) is 44.8 Å². The van der Waals surface area contributed by atoms with Crippen LogP contribution >= 0.6 is 22.9 Å². The lowest BCUT2D eigenvalue weighted by molar-refractivity contribution is 0.0752.